The molecular formula is C21H24FN3O5. The summed E-state index contributed by atoms with van der Waals surface area (Å²) >= 11 is 0. The van der Waals surface area contributed by atoms with Gasteiger partial charge in [0.25, 0.3) is 0 Å². The highest BCUT2D eigenvalue weighted by molar-refractivity contribution is 5.95. The minimum absolute atomic E-state index is 0.0965. The van der Waals surface area contributed by atoms with Crippen molar-refractivity contribution in [3.8, 4) is 0 Å². The van der Waals surface area contributed by atoms with Crippen molar-refractivity contribution in [2.24, 2.45) is 0 Å². The second kappa shape index (κ2) is 7.71. The standard InChI is InChI=1S/C21H24FN3O5/c1-3-30-21(29)14-10-24(7-6-23-14)16-8-15-17(11(2)18(16)22)19(26)13(20(27)28)9-25(15)12-4-5-12/h8-9,12,14,23H,3-7,10H2,1-2H3,(H,27,28). The zero-order valence-corrected chi connectivity index (χ0v) is 16.9. The molecule has 1 aliphatic carbocycles. The number of anilines is 1. The highest BCUT2D eigenvalue weighted by Gasteiger charge is 2.31. The van der Waals surface area contributed by atoms with E-state index in [1.165, 1.54) is 13.1 Å². The normalized spacial score (nSPS) is 19.2. The number of nitrogens with one attached hydrogen (secondary N) is 1. The van der Waals surface area contributed by atoms with Crippen LogP contribution in [0, 0.1) is 12.7 Å². The first-order valence-electron chi connectivity index (χ1n) is 10.1. The molecule has 8 nitrogen and oxygen atoms in total. The number of piperazine rings is 1. The number of carbonyl (C=O) groups is 2. The van der Waals surface area contributed by atoms with E-state index >= 15 is 4.39 Å². The molecule has 0 radical (unpaired) electrons. The monoisotopic (exact) mass is 417 g/mol. The van der Waals surface area contributed by atoms with Crippen LogP contribution in [0.1, 0.15) is 41.7 Å². The molecule has 1 aliphatic heterocycles. The van der Waals surface area contributed by atoms with Crippen LogP contribution in [0.4, 0.5) is 10.1 Å². The lowest BCUT2D eigenvalue weighted by molar-refractivity contribution is -0.145. The van der Waals surface area contributed by atoms with Gasteiger partial charge in [-0.25, -0.2) is 9.18 Å². The van der Waals surface area contributed by atoms with Crippen LogP contribution in [0.5, 0.6) is 0 Å². The van der Waals surface area contributed by atoms with Crippen molar-refractivity contribution >= 4 is 28.5 Å². The van der Waals surface area contributed by atoms with E-state index in [4.69, 9.17) is 4.74 Å². The molecule has 2 aliphatic rings. The SMILES string of the molecule is CCOC(=O)C1CN(c2cc3c(c(C)c2F)c(=O)c(C(=O)O)cn3C2CC2)CCN1. The number of aromatic nitrogens is 1. The number of nitrogens with zero attached hydrogens (tertiary/aromatic N) is 2. The first-order valence-corrected chi connectivity index (χ1v) is 10.1. The average molecular weight is 417 g/mol. The summed E-state index contributed by atoms with van der Waals surface area (Å²) in [5, 5.41) is 12.6. The fourth-order valence-corrected chi connectivity index (χ4v) is 4.06. The highest BCUT2D eigenvalue weighted by Crippen LogP contribution is 2.39. The van der Waals surface area contributed by atoms with Crippen LogP contribution >= 0.6 is 0 Å². The lowest BCUT2D eigenvalue weighted by Crippen LogP contribution is -2.55. The quantitative estimate of drug-likeness (QED) is 0.716. The van der Waals surface area contributed by atoms with Gasteiger partial charge in [-0.05, 0) is 32.8 Å². The summed E-state index contributed by atoms with van der Waals surface area (Å²) in [4.78, 5) is 38.3. The Morgan fingerprint density at radius 2 is 2.10 bits per heavy atom. The number of hydrogen-bond donors (Lipinski definition) is 2. The molecule has 1 atom stereocenters. The molecule has 1 unspecified atom stereocenters. The van der Waals surface area contributed by atoms with E-state index in [-0.39, 0.29) is 41.7 Å². The van der Waals surface area contributed by atoms with Crippen LogP contribution in [0.15, 0.2) is 17.1 Å². The van der Waals surface area contributed by atoms with E-state index in [0.717, 1.165) is 12.8 Å². The number of pyridine rings is 1. The third-order valence-electron chi connectivity index (χ3n) is 5.73. The zero-order valence-electron chi connectivity index (χ0n) is 16.9. The molecule has 1 saturated carbocycles. The van der Waals surface area contributed by atoms with Gasteiger partial charge < -0.3 is 24.6 Å². The third kappa shape index (κ3) is 3.43. The van der Waals surface area contributed by atoms with Gasteiger partial charge in [0.2, 0.25) is 5.43 Å². The summed E-state index contributed by atoms with van der Waals surface area (Å²) in [6, 6.07) is 1.13. The Hall–Kier alpha value is -2.94. The molecule has 1 saturated heterocycles. The number of rotatable bonds is 5. The van der Waals surface area contributed by atoms with Crippen molar-refractivity contribution in [1.82, 2.24) is 9.88 Å². The number of carbonyl (C=O) groups excluding carboxylic acids is 1. The second-order valence-corrected chi connectivity index (χ2v) is 7.75. The van der Waals surface area contributed by atoms with E-state index in [9.17, 15) is 19.5 Å². The zero-order chi connectivity index (χ0) is 21.6. The molecule has 1 aromatic carbocycles. The molecule has 2 aromatic rings. The van der Waals surface area contributed by atoms with Crippen LogP contribution in [-0.4, -0.2) is 53.9 Å². The van der Waals surface area contributed by atoms with Crippen molar-refractivity contribution in [1.29, 1.82) is 0 Å². The number of hydrogen-bond acceptors (Lipinski definition) is 6. The number of fused-ring (bicyclic) bond motifs is 1. The summed E-state index contributed by atoms with van der Waals surface area (Å²) in [5.41, 5.74) is -0.0900. The maximum Gasteiger partial charge on any atom is 0.341 e. The minimum Gasteiger partial charge on any atom is -0.477 e. The molecular weight excluding hydrogens is 393 g/mol. The van der Waals surface area contributed by atoms with Crippen molar-refractivity contribution in [3.63, 3.8) is 0 Å². The first kappa shape index (κ1) is 20.3. The maximum absolute atomic E-state index is 15.4. The minimum atomic E-state index is -1.32. The molecule has 2 heterocycles. The predicted octanol–water partition coefficient (Wildman–Crippen LogP) is 1.82. The largest absolute Gasteiger partial charge is 0.477 e. The van der Waals surface area contributed by atoms with Crippen LogP contribution in [0.3, 0.4) is 0 Å². The molecule has 30 heavy (non-hydrogen) atoms. The van der Waals surface area contributed by atoms with Gasteiger partial charge in [-0.2, -0.15) is 0 Å². The summed E-state index contributed by atoms with van der Waals surface area (Å²) in [6.07, 6.45) is 3.12. The second-order valence-electron chi connectivity index (χ2n) is 7.75. The molecule has 4 rings (SSSR count). The summed E-state index contributed by atoms with van der Waals surface area (Å²) in [6.45, 7) is 4.69. The lowest BCUT2D eigenvalue weighted by Gasteiger charge is -2.34. The predicted molar refractivity (Wildman–Crippen MR) is 109 cm³/mol. The van der Waals surface area contributed by atoms with Gasteiger partial charge in [0.1, 0.15) is 17.4 Å². The number of aryl methyl sites for hydroxylation is 1. The average Bonchev–Trinajstić information content (AvgIpc) is 3.55. The number of aromatic carboxylic acids is 1. The fraction of sp³-hybridized carbons (Fsp3) is 0.476. The molecule has 160 valence electrons. The number of esters is 1. The highest BCUT2D eigenvalue weighted by atomic mass is 19.1. The molecule has 0 spiro atoms. The topological polar surface area (TPSA) is 101 Å². The van der Waals surface area contributed by atoms with Crippen LogP contribution < -0.4 is 15.6 Å². The number of benzene rings is 1. The van der Waals surface area contributed by atoms with Crippen molar-refractivity contribution in [3.05, 3.63) is 39.4 Å². The fourth-order valence-electron chi connectivity index (χ4n) is 4.06. The Morgan fingerprint density at radius 1 is 1.37 bits per heavy atom. The number of carboxylic acids is 1. The smallest absolute Gasteiger partial charge is 0.341 e. The molecule has 0 amide bonds. The van der Waals surface area contributed by atoms with Crippen molar-refractivity contribution in [2.45, 2.75) is 38.8 Å². The molecule has 2 N–H and O–H groups in total. The summed E-state index contributed by atoms with van der Waals surface area (Å²) < 4.78 is 22.2. The number of carboxylic acid groups (broad SMARTS) is 1. The van der Waals surface area contributed by atoms with E-state index < -0.39 is 23.3 Å². The van der Waals surface area contributed by atoms with E-state index in [1.54, 1.807) is 22.5 Å². The first-order chi connectivity index (χ1) is 14.3. The maximum atomic E-state index is 15.4. The van der Waals surface area contributed by atoms with E-state index in [2.05, 4.69) is 5.32 Å². The Labute approximate surface area is 172 Å². The van der Waals surface area contributed by atoms with Crippen molar-refractivity contribution < 1.29 is 23.8 Å². The Morgan fingerprint density at radius 3 is 2.73 bits per heavy atom. The van der Waals surface area contributed by atoms with Gasteiger partial charge in [0.15, 0.2) is 0 Å². The molecule has 1 aromatic heterocycles. The van der Waals surface area contributed by atoms with Gasteiger partial charge in [0.05, 0.1) is 23.2 Å². The molecule has 0 bridgehead atoms. The summed E-state index contributed by atoms with van der Waals surface area (Å²) in [5.74, 6) is -2.28. The van der Waals surface area contributed by atoms with E-state index in [1.807, 2.05) is 0 Å². The van der Waals surface area contributed by atoms with Crippen LogP contribution in [0.2, 0.25) is 0 Å². The van der Waals surface area contributed by atoms with Crippen molar-refractivity contribution in [2.75, 3.05) is 31.1 Å². The van der Waals surface area contributed by atoms with Gasteiger partial charge in [-0.1, -0.05) is 0 Å². The van der Waals surface area contributed by atoms with E-state index in [0.29, 0.717) is 24.3 Å². The van der Waals surface area contributed by atoms with Crippen LogP contribution in [0.25, 0.3) is 10.9 Å². The Bertz CT molecular complexity index is 1090. The summed E-state index contributed by atoms with van der Waals surface area (Å²) in [7, 11) is 0. The Kier molecular flexibility index (Phi) is 5.23. The third-order valence-corrected chi connectivity index (χ3v) is 5.73. The van der Waals surface area contributed by atoms with Gasteiger partial charge >= 0.3 is 11.9 Å². The van der Waals surface area contributed by atoms with Crippen LogP contribution in [-0.2, 0) is 9.53 Å². The van der Waals surface area contributed by atoms with Gasteiger partial charge in [0, 0.05) is 37.4 Å². The van der Waals surface area contributed by atoms with Gasteiger partial charge in [-0.15, -0.1) is 0 Å². The molecule has 9 heteroatoms. The Balaban J connectivity index is 1.84. The molecule has 2 fully saturated rings. The number of halogens is 1. The van der Waals surface area contributed by atoms with Gasteiger partial charge in [-0.3, -0.25) is 9.59 Å². The number of ether oxygens (including phenoxy) is 1. The lowest BCUT2D eigenvalue weighted by atomic mass is 10.0.